The Morgan fingerprint density at radius 2 is 1.95 bits per heavy atom. The summed E-state index contributed by atoms with van der Waals surface area (Å²) in [6, 6.07) is 6.00. The Balaban J connectivity index is 2.05. The van der Waals surface area contributed by atoms with Crippen LogP contribution in [-0.4, -0.2) is 5.11 Å². The van der Waals surface area contributed by atoms with Gasteiger partial charge in [0.05, 0.1) is 0 Å². The van der Waals surface area contributed by atoms with Gasteiger partial charge in [-0.3, -0.25) is 0 Å². The van der Waals surface area contributed by atoms with Crippen molar-refractivity contribution < 1.29 is 5.11 Å². The number of rotatable bonds is 7. The molecule has 0 aromatic heterocycles. The third kappa shape index (κ3) is 4.91. The molecule has 1 nitrogen and oxygen atoms in total. The summed E-state index contributed by atoms with van der Waals surface area (Å²) in [6.07, 6.45) is 13.9. The summed E-state index contributed by atoms with van der Waals surface area (Å²) in [6.45, 7) is 4.50. The molecule has 0 aliphatic heterocycles. The zero-order valence-electron chi connectivity index (χ0n) is 13.7. The highest BCUT2D eigenvalue weighted by Gasteiger charge is 2.17. The van der Waals surface area contributed by atoms with E-state index in [2.05, 4.69) is 26.0 Å². The topological polar surface area (TPSA) is 20.2 Å². The van der Waals surface area contributed by atoms with Crippen LogP contribution in [0.15, 0.2) is 29.8 Å². The molecule has 1 N–H and O–H groups in total. The average molecular weight is 286 g/mol. The Labute approximate surface area is 130 Å². The zero-order valence-corrected chi connectivity index (χ0v) is 13.7. The summed E-state index contributed by atoms with van der Waals surface area (Å²) in [7, 11) is 0. The van der Waals surface area contributed by atoms with Gasteiger partial charge in [0.15, 0.2) is 0 Å². The van der Waals surface area contributed by atoms with Crippen LogP contribution in [0.3, 0.4) is 0 Å². The van der Waals surface area contributed by atoms with Crippen LogP contribution in [0.25, 0.3) is 0 Å². The van der Waals surface area contributed by atoms with Crippen LogP contribution >= 0.6 is 0 Å². The maximum Gasteiger partial charge on any atom is 0.115 e. The van der Waals surface area contributed by atoms with Gasteiger partial charge >= 0.3 is 0 Å². The number of benzene rings is 1. The Kier molecular flexibility index (Phi) is 6.35. The van der Waals surface area contributed by atoms with Crippen molar-refractivity contribution in [3.05, 3.63) is 41.0 Å². The van der Waals surface area contributed by atoms with Crippen LogP contribution in [0.2, 0.25) is 0 Å². The zero-order chi connectivity index (χ0) is 15.1. The minimum absolute atomic E-state index is 0.416. The van der Waals surface area contributed by atoms with Crippen molar-refractivity contribution in [2.45, 2.75) is 77.6 Å². The normalized spacial score (nSPS) is 18.6. The second-order valence-corrected chi connectivity index (χ2v) is 6.56. The second-order valence-electron chi connectivity index (χ2n) is 6.56. The van der Waals surface area contributed by atoms with E-state index in [9.17, 15) is 5.11 Å². The lowest BCUT2D eigenvalue weighted by Crippen LogP contribution is -2.05. The van der Waals surface area contributed by atoms with Crippen molar-refractivity contribution in [3.8, 4) is 5.75 Å². The maximum atomic E-state index is 9.81. The Bertz CT molecular complexity index is 473. The van der Waals surface area contributed by atoms with Crippen LogP contribution < -0.4 is 0 Å². The maximum absolute atomic E-state index is 9.81. The van der Waals surface area contributed by atoms with Crippen molar-refractivity contribution in [1.82, 2.24) is 0 Å². The van der Waals surface area contributed by atoms with Gasteiger partial charge in [0, 0.05) is 5.92 Å². The van der Waals surface area contributed by atoms with E-state index in [-0.39, 0.29) is 0 Å². The largest absolute Gasteiger partial charge is 0.508 e. The second kappa shape index (κ2) is 8.26. The van der Waals surface area contributed by atoms with Crippen LogP contribution in [-0.2, 0) is 6.42 Å². The smallest absolute Gasteiger partial charge is 0.115 e. The highest BCUT2D eigenvalue weighted by Crippen LogP contribution is 2.34. The third-order valence-corrected chi connectivity index (χ3v) is 4.65. The third-order valence-electron chi connectivity index (χ3n) is 4.65. The minimum Gasteiger partial charge on any atom is -0.508 e. The molecular formula is C20H30O. The van der Waals surface area contributed by atoms with E-state index in [1.807, 2.05) is 12.1 Å². The van der Waals surface area contributed by atoms with Crippen molar-refractivity contribution in [2.75, 3.05) is 0 Å². The van der Waals surface area contributed by atoms with Crippen molar-refractivity contribution in [1.29, 1.82) is 0 Å². The molecule has 2 rings (SSSR count). The van der Waals surface area contributed by atoms with Gasteiger partial charge in [0.1, 0.15) is 5.75 Å². The Morgan fingerprint density at radius 3 is 2.71 bits per heavy atom. The van der Waals surface area contributed by atoms with Crippen LogP contribution in [0.4, 0.5) is 0 Å². The molecule has 0 saturated heterocycles. The first kappa shape index (κ1) is 16.1. The molecule has 0 bridgehead atoms. The standard InChI is InChI=1S/C20H30O/c1-3-4-5-6-7-10-18-15-19(21)12-13-20(18)17-11-8-9-16(2)14-17/h12-15,17,21H,3-11H2,1-2H3. The van der Waals surface area contributed by atoms with E-state index >= 15 is 0 Å². The number of aryl methyl sites for hydroxylation is 1. The van der Waals surface area contributed by atoms with E-state index in [0.717, 1.165) is 6.42 Å². The predicted molar refractivity (Wildman–Crippen MR) is 90.9 cm³/mol. The van der Waals surface area contributed by atoms with Gasteiger partial charge in [-0.05, 0) is 62.3 Å². The van der Waals surface area contributed by atoms with Gasteiger partial charge in [-0.1, -0.05) is 50.3 Å². The Hall–Kier alpha value is -1.24. The molecule has 1 aliphatic rings. The summed E-state index contributed by atoms with van der Waals surface area (Å²) in [5, 5.41) is 9.81. The quantitative estimate of drug-likeness (QED) is 0.473. The summed E-state index contributed by atoms with van der Waals surface area (Å²) in [4.78, 5) is 0. The molecule has 0 amide bonds. The van der Waals surface area contributed by atoms with Gasteiger partial charge in [-0.15, -0.1) is 0 Å². The molecule has 1 unspecified atom stereocenters. The van der Waals surface area contributed by atoms with Crippen LogP contribution in [0.5, 0.6) is 5.75 Å². The van der Waals surface area contributed by atoms with Crippen LogP contribution in [0.1, 0.15) is 82.3 Å². The van der Waals surface area contributed by atoms with Gasteiger partial charge < -0.3 is 5.11 Å². The molecular weight excluding hydrogens is 256 g/mol. The average Bonchev–Trinajstić information content (AvgIpc) is 2.47. The monoisotopic (exact) mass is 286 g/mol. The number of hydrogen-bond acceptors (Lipinski definition) is 1. The van der Waals surface area contributed by atoms with Gasteiger partial charge in [-0.2, -0.15) is 0 Å². The number of phenols is 1. The Morgan fingerprint density at radius 1 is 1.14 bits per heavy atom. The summed E-state index contributed by atoms with van der Waals surface area (Å²) < 4.78 is 0. The first-order valence-electron chi connectivity index (χ1n) is 8.69. The minimum atomic E-state index is 0.416. The summed E-state index contributed by atoms with van der Waals surface area (Å²) in [5.41, 5.74) is 4.33. The molecule has 116 valence electrons. The highest BCUT2D eigenvalue weighted by atomic mass is 16.3. The van der Waals surface area contributed by atoms with Crippen molar-refractivity contribution >= 4 is 0 Å². The summed E-state index contributed by atoms with van der Waals surface area (Å²) >= 11 is 0. The molecule has 0 heterocycles. The molecule has 1 aromatic carbocycles. The number of allylic oxidation sites excluding steroid dienone is 2. The van der Waals surface area contributed by atoms with E-state index in [4.69, 9.17) is 0 Å². The number of phenolic OH excluding ortho intramolecular Hbond substituents is 1. The van der Waals surface area contributed by atoms with E-state index < -0.39 is 0 Å². The van der Waals surface area contributed by atoms with Crippen LogP contribution in [0, 0.1) is 0 Å². The fraction of sp³-hybridized carbons (Fsp3) is 0.600. The number of hydrogen-bond donors (Lipinski definition) is 1. The first-order valence-corrected chi connectivity index (χ1v) is 8.69. The lowest BCUT2D eigenvalue weighted by Gasteiger charge is -2.22. The molecule has 21 heavy (non-hydrogen) atoms. The lowest BCUT2D eigenvalue weighted by atomic mass is 9.83. The number of unbranched alkanes of at least 4 members (excludes halogenated alkanes) is 4. The molecule has 0 radical (unpaired) electrons. The van der Waals surface area contributed by atoms with Crippen molar-refractivity contribution in [2.24, 2.45) is 0 Å². The molecule has 1 aromatic rings. The SMILES string of the molecule is CCCCCCCc1cc(O)ccc1C1C=C(C)CCC1. The van der Waals surface area contributed by atoms with E-state index in [1.54, 1.807) is 0 Å². The molecule has 1 atom stereocenters. The molecule has 0 spiro atoms. The fourth-order valence-electron chi connectivity index (χ4n) is 3.45. The molecule has 1 heteroatoms. The molecule has 1 aliphatic carbocycles. The number of aromatic hydroxyl groups is 1. The van der Waals surface area contributed by atoms with Gasteiger partial charge in [0.25, 0.3) is 0 Å². The van der Waals surface area contributed by atoms with Crippen molar-refractivity contribution in [3.63, 3.8) is 0 Å². The van der Waals surface area contributed by atoms with E-state index in [1.165, 1.54) is 68.1 Å². The fourth-order valence-corrected chi connectivity index (χ4v) is 3.45. The highest BCUT2D eigenvalue weighted by molar-refractivity contribution is 5.39. The van der Waals surface area contributed by atoms with E-state index in [0.29, 0.717) is 11.7 Å². The summed E-state index contributed by atoms with van der Waals surface area (Å²) in [5.74, 6) is 0.976. The molecule has 0 saturated carbocycles. The first-order chi connectivity index (χ1) is 10.2. The lowest BCUT2D eigenvalue weighted by molar-refractivity contribution is 0.473. The van der Waals surface area contributed by atoms with Gasteiger partial charge in [0.2, 0.25) is 0 Å². The predicted octanol–water partition coefficient (Wildman–Crippen LogP) is 6.12. The molecule has 0 fully saturated rings. The van der Waals surface area contributed by atoms with Gasteiger partial charge in [-0.25, -0.2) is 0 Å².